The maximum atomic E-state index is 4.25. The lowest BCUT2D eigenvalue weighted by molar-refractivity contribution is 0.715. The average molecular weight is 332 g/mol. The summed E-state index contributed by atoms with van der Waals surface area (Å²) < 4.78 is 1.97. The van der Waals surface area contributed by atoms with Gasteiger partial charge >= 0.3 is 0 Å². The van der Waals surface area contributed by atoms with Crippen LogP contribution in [-0.4, -0.2) is 39.6 Å². The molecular formula is C16H24N6S. The monoisotopic (exact) mass is 332 g/mol. The first-order chi connectivity index (χ1) is 11.1. The van der Waals surface area contributed by atoms with E-state index >= 15 is 0 Å². The molecule has 0 spiro atoms. The maximum absolute atomic E-state index is 4.25. The van der Waals surface area contributed by atoms with Gasteiger partial charge in [-0.2, -0.15) is 0 Å². The molecular weight excluding hydrogens is 308 g/mol. The van der Waals surface area contributed by atoms with Crippen LogP contribution < -0.4 is 10.6 Å². The van der Waals surface area contributed by atoms with Crippen molar-refractivity contribution in [3.63, 3.8) is 0 Å². The van der Waals surface area contributed by atoms with Gasteiger partial charge in [-0.25, -0.2) is 0 Å². The van der Waals surface area contributed by atoms with Gasteiger partial charge in [-0.1, -0.05) is 25.1 Å². The third-order valence-corrected chi connectivity index (χ3v) is 4.57. The van der Waals surface area contributed by atoms with E-state index in [0.717, 1.165) is 24.2 Å². The second-order valence-electron chi connectivity index (χ2n) is 5.27. The van der Waals surface area contributed by atoms with Gasteiger partial charge in [0.05, 0.1) is 6.54 Å². The van der Waals surface area contributed by atoms with Crippen molar-refractivity contribution < 1.29 is 0 Å². The topological polar surface area (TPSA) is 67.1 Å². The van der Waals surface area contributed by atoms with Crippen LogP contribution in [0.4, 0.5) is 0 Å². The summed E-state index contributed by atoms with van der Waals surface area (Å²) in [4.78, 5) is 5.52. The zero-order chi connectivity index (χ0) is 16.7. The molecule has 1 heterocycles. The number of rotatable bonds is 6. The van der Waals surface area contributed by atoms with Crippen LogP contribution in [0.25, 0.3) is 0 Å². The summed E-state index contributed by atoms with van der Waals surface area (Å²) >= 11 is 1.84. The zero-order valence-corrected chi connectivity index (χ0v) is 14.9. The van der Waals surface area contributed by atoms with Gasteiger partial charge in [-0.15, -0.1) is 22.0 Å². The van der Waals surface area contributed by atoms with E-state index in [2.05, 4.69) is 57.0 Å². The van der Waals surface area contributed by atoms with Crippen LogP contribution in [0.3, 0.4) is 0 Å². The molecule has 0 amide bonds. The van der Waals surface area contributed by atoms with E-state index < -0.39 is 0 Å². The predicted octanol–water partition coefficient (Wildman–Crippen LogP) is 1.97. The summed E-state index contributed by atoms with van der Waals surface area (Å²) in [7, 11) is 3.73. The lowest BCUT2D eigenvalue weighted by atomic mass is 10.4. The van der Waals surface area contributed by atoms with Gasteiger partial charge in [0.15, 0.2) is 11.8 Å². The van der Waals surface area contributed by atoms with Crippen molar-refractivity contribution in [2.24, 2.45) is 12.0 Å². The van der Waals surface area contributed by atoms with Crippen LogP contribution in [0.2, 0.25) is 0 Å². The number of nitrogens with zero attached hydrogens (tertiary/aromatic N) is 4. The van der Waals surface area contributed by atoms with Crippen LogP contribution >= 0.6 is 11.8 Å². The number of aromatic nitrogens is 3. The first-order valence-corrected chi connectivity index (χ1v) is 8.49. The number of aryl methyl sites for hydroxylation is 1. The first-order valence-electron chi connectivity index (χ1n) is 7.61. The highest BCUT2D eigenvalue weighted by Gasteiger charge is 2.08. The molecule has 1 aromatic carbocycles. The molecule has 0 aliphatic carbocycles. The number of nitrogens with one attached hydrogen (secondary N) is 2. The number of guanidine groups is 1. The van der Waals surface area contributed by atoms with Crippen molar-refractivity contribution in [1.29, 1.82) is 0 Å². The summed E-state index contributed by atoms with van der Waals surface area (Å²) in [5.41, 5.74) is 0. The van der Waals surface area contributed by atoms with Crippen LogP contribution in [0.1, 0.15) is 18.6 Å². The van der Waals surface area contributed by atoms with Gasteiger partial charge in [0.1, 0.15) is 5.82 Å². The first kappa shape index (κ1) is 17.3. The highest BCUT2D eigenvalue weighted by molar-refractivity contribution is 8.00. The molecule has 1 unspecified atom stereocenters. The number of hydrogen-bond acceptors (Lipinski definition) is 4. The molecule has 23 heavy (non-hydrogen) atoms. The van der Waals surface area contributed by atoms with Crippen molar-refractivity contribution in [3.05, 3.63) is 42.0 Å². The highest BCUT2D eigenvalue weighted by atomic mass is 32.2. The Morgan fingerprint density at radius 1 is 1.26 bits per heavy atom. The molecule has 7 heteroatoms. The summed E-state index contributed by atoms with van der Waals surface area (Å²) in [6.07, 6.45) is 0. The second-order valence-corrected chi connectivity index (χ2v) is 6.78. The van der Waals surface area contributed by atoms with Crippen LogP contribution in [0.5, 0.6) is 0 Å². The molecule has 2 rings (SSSR count). The summed E-state index contributed by atoms with van der Waals surface area (Å²) in [5, 5.41) is 15.2. The molecule has 0 saturated carbocycles. The molecule has 124 valence electrons. The maximum Gasteiger partial charge on any atom is 0.191 e. The van der Waals surface area contributed by atoms with Crippen molar-refractivity contribution in [1.82, 2.24) is 25.4 Å². The van der Waals surface area contributed by atoms with Gasteiger partial charge in [0, 0.05) is 30.8 Å². The molecule has 0 fully saturated rings. The van der Waals surface area contributed by atoms with Crippen LogP contribution in [0.15, 0.2) is 40.2 Å². The van der Waals surface area contributed by atoms with E-state index in [1.54, 1.807) is 7.05 Å². The molecule has 2 aromatic rings. The normalized spacial score (nSPS) is 13.0. The van der Waals surface area contributed by atoms with Gasteiger partial charge in [0.2, 0.25) is 0 Å². The average Bonchev–Trinajstić information content (AvgIpc) is 2.88. The minimum absolute atomic E-state index is 0.438. The molecule has 0 radical (unpaired) electrons. The molecule has 0 aliphatic rings. The minimum atomic E-state index is 0.438. The number of aliphatic imine (C=N–C) groups is 1. The molecule has 0 bridgehead atoms. The van der Waals surface area contributed by atoms with E-state index in [9.17, 15) is 0 Å². The standard InChI is InChI=1S/C16H24N6S/c1-12(23-14-8-6-5-7-9-14)10-18-16(17-3)19-11-15-21-20-13(2)22(15)4/h5-9,12H,10-11H2,1-4H3,(H2,17,18,19). The Morgan fingerprint density at radius 3 is 2.61 bits per heavy atom. The van der Waals surface area contributed by atoms with Gasteiger partial charge in [0.25, 0.3) is 0 Å². The largest absolute Gasteiger partial charge is 0.355 e. The fourth-order valence-corrected chi connectivity index (χ4v) is 2.95. The fraction of sp³-hybridized carbons (Fsp3) is 0.438. The van der Waals surface area contributed by atoms with E-state index in [-0.39, 0.29) is 0 Å². The lowest BCUT2D eigenvalue weighted by Gasteiger charge is -2.15. The summed E-state index contributed by atoms with van der Waals surface area (Å²) in [5.74, 6) is 2.56. The number of hydrogen-bond donors (Lipinski definition) is 2. The molecule has 1 aromatic heterocycles. The quantitative estimate of drug-likeness (QED) is 0.481. The highest BCUT2D eigenvalue weighted by Crippen LogP contribution is 2.21. The van der Waals surface area contributed by atoms with Crippen molar-refractivity contribution in [2.45, 2.75) is 30.5 Å². The molecule has 0 saturated heterocycles. The smallest absolute Gasteiger partial charge is 0.191 e. The minimum Gasteiger partial charge on any atom is -0.355 e. The lowest BCUT2D eigenvalue weighted by Crippen LogP contribution is -2.40. The molecule has 0 aliphatic heterocycles. The zero-order valence-electron chi connectivity index (χ0n) is 14.1. The van der Waals surface area contributed by atoms with Gasteiger partial charge < -0.3 is 15.2 Å². The Balaban J connectivity index is 1.77. The van der Waals surface area contributed by atoms with Crippen LogP contribution in [-0.2, 0) is 13.6 Å². The Labute approximate surface area is 141 Å². The Bertz CT molecular complexity index is 637. The second kappa shape index (κ2) is 8.57. The number of thioether (sulfide) groups is 1. The molecule has 1 atom stereocenters. The third kappa shape index (κ3) is 5.28. The molecule has 2 N–H and O–H groups in total. The third-order valence-electron chi connectivity index (χ3n) is 3.46. The SMILES string of the molecule is CN=C(NCc1nnc(C)n1C)NCC(C)Sc1ccccc1. The molecule has 6 nitrogen and oxygen atoms in total. The van der Waals surface area contributed by atoms with Crippen LogP contribution in [0, 0.1) is 6.92 Å². The van der Waals surface area contributed by atoms with Gasteiger partial charge in [-0.05, 0) is 19.1 Å². The van der Waals surface area contributed by atoms with Crippen molar-refractivity contribution in [3.8, 4) is 0 Å². The Morgan fingerprint density at radius 2 is 2.00 bits per heavy atom. The van der Waals surface area contributed by atoms with E-state index in [1.807, 2.05) is 36.4 Å². The Kier molecular flexibility index (Phi) is 6.46. The van der Waals surface area contributed by atoms with E-state index in [1.165, 1.54) is 4.90 Å². The van der Waals surface area contributed by atoms with E-state index in [4.69, 9.17) is 0 Å². The summed E-state index contributed by atoms with van der Waals surface area (Å²) in [6, 6.07) is 10.4. The van der Waals surface area contributed by atoms with Crippen molar-refractivity contribution >= 4 is 17.7 Å². The fourth-order valence-electron chi connectivity index (χ4n) is 2.00. The number of benzene rings is 1. The summed E-state index contributed by atoms with van der Waals surface area (Å²) in [6.45, 7) is 5.56. The van der Waals surface area contributed by atoms with E-state index in [0.29, 0.717) is 11.8 Å². The van der Waals surface area contributed by atoms with Crippen molar-refractivity contribution in [2.75, 3.05) is 13.6 Å². The predicted molar refractivity (Wildman–Crippen MR) is 95.7 cm³/mol. The Hall–Kier alpha value is -2.02. The van der Waals surface area contributed by atoms with Gasteiger partial charge in [-0.3, -0.25) is 4.99 Å².